The van der Waals surface area contributed by atoms with Gasteiger partial charge in [0.05, 0.1) is 18.8 Å². The van der Waals surface area contributed by atoms with E-state index in [0.29, 0.717) is 6.42 Å². The van der Waals surface area contributed by atoms with Crippen LogP contribution in [0.1, 0.15) is 54.4 Å². The summed E-state index contributed by atoms with van der Waals surface area (Å²) in [6, 6.07) is 21.2. The lowest BCUT2D eigenvalue weighted by Gasteiger charge is -2.45. The standard InChI is InChI=1S/C29H38O6Si/c1-20(30)32-19-29-18-25(29)26(17-27(29)34-22(3)33-21(2)31)35-36(28(4,5)6,23-13-9-7-10-14-23)24-15-11-8-12-16-24/h7-16,22,25-27H,17-19H2,1-6H3/t22?,25-,26-,27+,29+/m0/s1. The number of hydrogen-bond acceptors (Lipinski definition) is 6. The van der Waals surface area contributed by atoms with Crippen molar-refractivity contribution in [3.8, 4) is 0 Å². The first kappa shape index (κ1) is 26.6. The zero-order valence-corrected chi connectivity index (χ0v) is 23.2. The van der Waals surface area contributed by atoms with Gasteiger partial charge in [0, 0.05) is 19.3 Å². The Labute approximate surface area is 215 Å². The monoisotopic (exact) mass is 510 g/mol. The second-order valence-corrected chi connectivity index (χ2v) is 15.4. The largest absolute Gasteiger partial charge is 0.465 e. The van der Waals surface area contributed by atoms with Gasteiger partial charge >= 0.3 is 11.9 Å². The lowest BCUT2D eigenvalue weighted by molar-refractivity contribution is -0.191. The Morgan fingerprint density at radius 2 is 1.53 bits per heavy atom. The Bertz CT molecular complexity index is 1030. The summed E-state index contributed by atoms with van der Waals surface area (Å²) < 4.78 is 24.5. The van der Waals surface area contributed by atoms with Gasteiger partial charge in [-0.3, -0.25) is 9.59 Å². The Kier molecular flexibility index (Phi) is 7.47. The SMILES string of the molecule is CC(=O)OC[C@]12C[C@H]1[C@@H](O[Si](c1ccccc1)(c1ccccc1)C(C)(C)C)C[C@H]2OC(C)OC(C)=O. The second kappa shape index (κ2) is 10.1. The Hall–Kier alpha value is -2.48. The molecular weight excluding hydrogens is 472 g/mol. The third-order valence-corrected chi connectivity index (χ3v) is 12.8. The van der Waals surface area contributed by atoms with Gasteiger partial charge in [-0.2, -0.15) is 0 Å². The molecule has 0 spiro atoms. The number of hydrogen-bond donors (Lipinski definition) is 0. The van der Waals surface area contributed by atoms with Crippen molar-refractivity contribution in [1.82, 2.24) is 0 Å². The Morgan fingerprint density at radius 1 is 0.972 bits per heavy atom. The van der Waals surface area contributed by atoms with Crippen molar-refractivity contribution in [2.24, 2.45) is 11.3 Å². The van der Waals surface area contributed by atoms with Crippen LogP contribution in [-0.2, 0) is 28.2 Å². The third kappa shape index (κ3) is 5.01. The summed E-state index contributed by atoms with van der Waals surface area (Å²) in [6.45, 7) is 11.6. The molecule has 0 N–H and O–H groups in total. The maximum Gasteiger partial charge on any atom is 0.304 e. The van der Waals surface area contributed by atoms with Gasteiger partial charge in [-0.15, -0.1) is 0 Å². The van der Waals surface area contributed by atoms with Crippen molar-refractivity contribution >= 4 is 30.6 Å². The normalized spacial score (nSPS) is 26.1. The smallest absolute Gasteiger partial charge is 0.304 e. The lowest BCUT2D eigenvalue weighted by atomic mass is 10.0. The number of fused-ring (bicyclic) bond motifs is 1. The summed E-state index contributed by atoms with van der Waals surface area (Å²) in [5, 5.41) is 2.31. The molecule has 7 heteroatoms. The summed E-state index contributed by atoms with van der Waals surface area (Å²) in [4.78, 5) is 23.2. The molecule has 0 saturated heterocycles. The Morgan fingerprint density at radius 3 is 2.00 bits per heavy atom. The van der Waals surface area contributed by atoms with Crippen LogP contribution in [0.4, 0.5) is 0 Å². The lowest BCUT2D eigenvalue weighted by Crippen LogP contribution is -2.67. The molecule has 2 saturated carbocycles. The average molecular weight is 511 g/mol. The van der Waals surface area contributed by atoms with Crippen LogP contribution >= 0.6 is 0 Å². The summed E-state index contributed by atoms with van der Waals surface area (Å²) in [5.74, 6) is -0.492. The van der Waals surface area contributed by atoms with Crippen molar-refractivity contribution in [3.05, 3.63) is 60.7 Å². The van der Waals surface area contributed by atoms with Crippen molar-refractivity contribution in [3.63, 3.8) is 0 Å². The van der Waals surface area contributed by atoms with Crippen LogP contribution in [0.15, 0.2) is 60.7 Å². The summed E-state index contributed by atoms with van der Waals surface area (Å²) in [6.07, 6.45) is 0.512. The number of carbonyl (C=O) groups excluding carboxylic acids is 2. The van der Waals surface area contributed by atoms with Gasteiger partial charge < -0.3 is 18.6 Å². The predicted octanol–water partition coefficient (Wildman–Crippen LogP) is 4.20. The van der Waals surface area contributed by atoms with E-state index < -0.39 is 14.6 Å². The molecule has 4 rings (SSSR count). The molecule has 0 aliphatic heterocycles. The Balaban J connectivity index is 1.71. The van der Waals surface area contributed by atoms with Crippen LogP contribution < -0.4 is 10.4 Å². The number of carbonyl (C=O) groups is 2. The zero-order valence-electron chi connectivity index (χ0n) is 22.2. The van der Waals surface area contributed by atoms with Crippen molar-refractivity contribution in [2.75, 3.05) is 6.61 Å². The minimum atomic E-state index is -2.75. The minimum absolute atomic E-state index is 0.0682. The van der Waals surface area contributed by atoms with E-state index in [9.17, 15) is 9.59 Å². The fourth-order valence-electron chi connectivity index (χ4n) is 6.06. The summed E-state index contributed by atoms with van der Waals surface area (Å²) in [7, 11) is -2.75. The number of benzene rings is 2. The number of ether oxygens (including phenoxy) is 3. The fraction of sp³-hybridized carbons (Fsp3) is 0.517. The highest BCUT2D eigenvalue weighted by atomic mass is 28.4. The second-order valence-electron chi connectivity index (χ2n) is 11.2. The highest BCUT2D eigenvalue weighted by Crippen LogP contribution is 2.66. The molecule has 0 radical (unpaired) electrons. The van der Waals surface area contributed by atoms with Gasteiger partial charge in [-0.1, -0.05) is 81.4 Å². The molecule has 1 unspecified atom stereocenters. The van der Waals surface area contributed by atoms with Gasteiger partial charge in [-0.25, -0.2) is 0 Å². The first-order valence-electron chi connectivity index (χ1n) is 12.7. The molecule has 5 atom stereocenters. The maximum atomic E-state index is 11.7. The van der Waals surface area contributed by atoms with Crippen molar-refractivity contribution in [1.29, 1.82) is 0 Å². The van der Waals surface area contributed by atoms with Crippen LogP contribution in [0.5, 0.6) is 0 Å². The van der Waals surface area contributed by atoms with E-state index in [4.69, 9.17) is 18.6 Å². The fourth-order valence-corrected chi connectivity index (χ4v) is 10.8. The van der Waals surface area contributed by atoms with Crippen LogP contribution in [-0.4, -0.2) is 45.4 Å². The molecule has 0 amide bonds. The molecule has 2 fully saturated rings. The molecule has 0 aromatic heterocycles. The van der Waals surface area contributed by atoms with E-state index in [0.717, 1.165) is 6.42 Å². The summed E-state index contributed by atoms with van der Waals surface area (Å²) >= 11 is 0. The van der Waals surface area contributed by atoms with E-state index in [1.165, 1.54) is 24.2 Å². The molecule has 2 aromatic rings. The average Bonchev–Trinajstić information content (AvgIpc) is 3.49. The molecule has 2 aromatic carbocycles. The number of esters is 2. The summed E-state index contributed by atoms with van der Waals surface area (Å²) in [5.41, 5.74) is -0.323. The topological polar surface area (TPSA) is 71.1 Å². The van der Waals surface area contributed by atoms with Gasteiger partial charge in [0.2, 0.25) is 0 Å². The molecule has 0 heterocycles. The van der Waals surface area contributed by atoms with Crippen LogP contribution in [0.2, 0.25) is 5.04 Å². The molecule has 6 nitrogen and oxygen atoms in total. The van der Waals surface area contributed by atoms with Crippen LogP contribution in [0.25, 0.3) is 0 Å². The van der Waals surface area contributed by atoms with E-state index in [1.54, 1.807) is 6.92 Å². The molecule has 0 bridgehead atoms. The molecule has 2 aliphatic carbocycles. The third-order valence-electron chi connectivity index (χ3n) is 7.69. The van der Waals surface area contributed by atoms with Crippen molar-refractivity contribution < 1.29 is 28.2 Å². The highest BCUT2D eigenvalue weighted by Gasteiger charge is 2.70. The molecular formula is C29H38O6Si. The number of rotatable bonds is 9. The molecule has 2 aliphatic rings. The van der Waals surface area contributed by atoms with E-state index in [2.05, 4.69) is 69.3 Å². The first-order chi connectivity index (χ1) is 17.0. The predicted molar refractivity (Wildman–Crippen MR) is 140 cm³/mol. The van der Waals surface area contributed by atoms with E-state index >= 15 is 0 Å². The van der Waals surface area contributed by atoms with E-state index in [-0.39, 0.29) is 47.1 Å². The quantitative estimate of drug-likeness (QED) is 0.286. The van der Waals surface area contributed by atoms with Crippen LogP contribution in [0, 0.1) is 11.3 Å². The van der Waals surface area contributed by atoms with E-state index in [1.807, 2.05) is 12.1 Å². The van der Waals surface area contributed by atoms with Gasteiger partial charge in [0.1, 0.15) is 0 Å². The van der Waals surface area contributed by atoms with Gasteiger partial charge in [0.15, 0.2) is 6.29 Å². The van der Waals surface area contributed by atoms with Crippen LogP contribution in [0.3, 0.4) is 0 Å². The zero-order chi connectivity index (χ0) is 26.1. The molecule has 194 valence electrons. The van der Waals surface area contributed by atoms with Crippen molar-refractivity contribution in [2.45, 2.75) is 77.9 Å². The van der Waals surface area contributed by atoms with Gasteiger partial charge in [-0.05, 0) is 41.1 Å². The maximum absolute atomic E-state index is 11.7. The molecule has 36 heavy (non-hydrogen) atoms. The minimum Gasteiger partial charge on any atom is -0.465 e. The highest BCUT2D eigenvalue weighted by molar-refractivity contribution is 6.99. The first-order valence-corrected chi connectivity index (χ1v) is 14.7. The van der Waals surface area contributed by atoms with Gasteiger partial charge in [0.25, 0.3) is 8.32 Å².